The SMILES string of the molecule is CC(Oc1ccc(Br)cc1)C(=O)NN=Cc1ccc(O)cc1O. The molecule has 3 N–H and O–H groups in total. The fourth-order valence-electron chi connectivity index (χ4n) is 1.67. The number of rotatable bonds is 5. The molecular formula is C16H15BrN2O4. The standard InChI is InChI=1S/C16H15BrN2O4/c1-10(23-14-6-3-12(17)4-7-14)16(22)19-18-9-11-2-5-13(20)8-15(11)21/h2-10,20-21H,1H3,(H,19,22). The molecule has 1 amide bonds. The zero-order valence-electron chi connectivity index (χ0n) is 12.2. The van der Waals surface area contributed by atoms with Crippen molar-refractivity contribution in [3.8, 4) is 17.2 Å². The van der Waals surface area contributed by atoms with E-state index in [4.69, 9.17) is 4.74 Å². The highest BCUT2D eigenvalue weighted by Crippen LogP contribution is 2.20. The number of hydrogen-bond acceptors (Lipinski definition) is 5. The number of carbonyl (C=O) groups excluding carboxylic acids is 1. The van der Waals surface area contributed by atoms with Gasteiger partial charge in [0.25, 0.3) is 5.91 Å². The highest BCUT2D eigenvalue weighted by atomic mass is 79.9. The van der Waals surface area contributed by atoms with Crippen LogP contribution in [0.5, 0.6) is 17.2 Å². The van der Waals surface area contributed by atoms with E-state index in [2.05, 4.69) is 26.5 Å². The summed E-state index contributed by atoms with van der Waals surface area (Å²) >= 11 is 3.32. The van der Waals surface area contributed by atoms with Crippen LogP contribution in [0.4, 0.5) is 0 Å². The number of benzene rings is 2. The van der Waals surface area contributed by atoms with Crippen LogP contribution in [0.25, 0.3) is 0 Å². The average Bonchev–Trinajstić information content (AvgIpc) is 2.51. The number of phenolic OH excluding ortho intramolecular Hbond substituents is 2. The van der Waals surface area contributed by atoms with Crippen LogP contribution in [0.3, 0.4) is 0 Å². The summed E-state index contributed by atoms with van der Waals surface area (Å²) in [4.78, 5) is 11.9. The maximum absolute atomic E-state index is 11.9. The molecule has 0 radical (unpaired) electrons. The van der Waals surface area contributed by atoms with E-state index in [1.807, 2.05) is 12.1 Å². The van der Waals surface area contributed by atoms with Crippen molar-refractivity contribution in [1.82, 2.24) is 5.43 Å². The Bertz CT molecular complexity index is 717. The highest BCUT2D eigenvalue weighted by molar-refractivity contribution is 9.10. The number of halogens is 1. The molecule has 2 rings (SSSR count). The van der Waals surface area contributed by atoms with Gasteiger partial charge in [-0.3, -0.25) is 4.79 Å². The zero-order chi connectivity index (χ0) is 16.8. The predicted molar refractivity (Wildman–Crippen MR) is 89.7 cm³/mol. The number of amides is 1. The Labute approximate surface area is 141 Å². The van der Waals surface area contributed by atoms with Crippen molar-refractivity contribution in [2.45, 2.75) is 13.0 Å². The van der Waals surface area contributed by atoms with Crippen LogP contribution in [0.15, 0.2) is 52.0 Å². The second-order valence-electron chi connectivity index (χ2n) is 4.69. The maximum Gasteiger partial charge on any atom is 0.280 e. The molecule has 2 aromatic rings. The second kappa shape index (κ2) is 7.64. The second-order valence-corrected chi connectivity index (χ2v) is 5.61. The number of phenols is 2. The minimum absolute atomic E-state index is 0.0554. The summed E-state index contributed by atoms with van der Waals surface area (Å²) in [6.07, 6.45) is 0.542. The molecule has 23 heavy (non-hydrogen) atoms. The lowest BCUT2D eigenvalue weighted by Crippen LogP contribution is -2.33. The van der Waals surface area contributed by atoms with Gasteiger partial charge in [0.1, 0.15) is 17.2 Å². The third-order valence-corrected chi connectivity index (χ3v) is 3.42. The molecule has 0 bridgehead atoms. The van der Waals surface area contributed by atoms with Gasteiger partial charge in [-0.05, 0) is 43.3 Å². The molecule has 2 aromatic carbocycles. The summed E-state index contributed by atoms with van der Waals surface area (Å²) in [6, 6.07) is 11.2. The van der Waals surface area contributed by atoms with Crippen molar-refractivity contribution in [3.63, 3.8) is 0 Å². The van der Waals surface area contributed by atoms with Gasteiger partial charge in [0.05, 0.1) is 6.21 Å². The van der Waals surface area contributed by atoms with E-state index >= 15 is 0 Å². The van der Waals surface area contributed by atoms with Gasteiger partial charge >= 0.3 is 0 Å². The van der Waals surface area contributed by atoms with Gasteiger partial charge in [-0.1, -0.05) is 15.9 Å². The fraction of sp³-hybridized carbons (Fsp3) is 0.125. The van der Waals surface area contributed by atoms with Gasteiger partial charge in [-0.2, -0.15) is 5.10 Å². The number of aromatic hydroxyl groups is 2. The molecule has 0 saturated heterocycles. The molecule has 120 valence electrons. The number of hydrazone groups is 1. The van der Waals surface area contributed by atoms with E-state index in [9.17, 15) is 15.0 Å². The first kappa shape index (κ1) is 16.8. The Hall–Kier alpha value is -2.54. The molecule has 1 unspecified atom stereocenters. The summed E-state index contributed by atoms with van der Waals surface area (Å²) in [7, 11) is 0. The normalized spacial score (nSPS) is 12.1. The topological polar surface area (TPSA) is 91.2 Å². The third kappa shape index (κ3) is 5.00. The van der Waals surface area contributed by atoms with E-state index in [1.165, 1.54) is 24.4 Å². The van der Waals surface area contributed by atoms with Crippen molar-refractivity contribution in [1.29, 1.82) is 0 Å². The summed E-state index contributed by atoms with van der Waals surface area (Å²) in [6.45, 7) is 1.60. The summed E-state index contributed by atoms with van der Waals surface area (Å²) in [5, 5.41) is 22.5. The van der Waals surface area contributed by atoms with E-state index in [-0.39, 0.29) is 11.5 Å². The van der Waals surface area contributed by atoms with Crippen molar-refractivity contribution in [2.24, 2.45) is 5.10 Å². The van der Waals surface area contributed by atoms with E-state index in [0.717, 1.165) is 4.47 Å². The van der Waals surface area contributed by atoms with Crippen molar-refractivity contribution in [3.05, 3.63) is 52.5 Å². The minimum atomic E-state index is -0.734. The van der Waals surface area contributed by atoms with E-state index in [1.54, 1.807) is 19.1 Å². The van der Waals surface area contributed by atoms with Crippen LogP contribution < -0.4 is 10.2 Å². The maximum atomic E-state index is 11.9. The molecule has 0 heterocycles. The van der Waals surface area contributed by atoms with Crippen LogP contribution in [-0.2, 0) is 4.79 Å². The molecule has 0 aromatic heterocycles. The molecule has 1 atom stereocenters. The molecule has 0 fully saturated rings. The molecule has 0 saturated carbocycles. The molecule has 0 aliphatic heterocycles. The lowest BCUT2D eigenvalue weighted by Gasteiger charge is -2.12. The van der Waals surface area contributed by atoms with Crippen LogP contribution in [0.2, 0.25) is 0 Å². The van der Waals surface area contributed by atoms with Crippen molar-refractivity contribution < 1.29 is 19.7 Å². The minimum Gasteiger partial charge on any atom is -0.508 e. The van der Waals surface area contributed by atoms with Crippen LogP contribution >= 0.6 is 15.9 Å². The molecule has 7 heteroatoms. The van der Waals surface area contributed by atoms with Crippen LogP contribution in [0.1, 0.15) is 12.5 Å². The number of hydrogen-bond donors (Lipinski definition) is 3. The number of ether oxygens (including phenoxy) is 1. The van der Waals surface area contributed by atoms with Gasteiger partial charge in [-0.15, -0.1) is 0 Å². The number of nitrogens with one attached hydrogen (secondary N) is 1. The smallest absolute Gasteiger partial charge is 0.280 e. The van der Waals surface area contributed by atoms with Gasteiger partial charge < -0.3 is 14.9 Å². The Morgan fingerprint density at radius 1 is 1.26 bits per heavy atom. The van der Waals surface area contributed by atoms with Gasteiger partial charge in [0.15, 0.2) is 6.10 Å². The van der Waals surface area contributed by atoms with Crippen molar-refractivity contribution >= 4 is 28.1 Å². The van der Waals surface area contributed by atoms with E-state index < -0.39 is 12.0 Å². The third-order valence-electron chi connectivity index (χ3n) is 2.89. The first-order chi connectivity index (χ1) is 11.0. The van der Waals surface area contributed by atoms with Gasteiger partial charge in [0.2, 0.25) is 0 Å². The molecule has 0 spiro atoms. The largest absolute Gasteiger partial charge is 0.508 e. The Balaban J connectivity index is 1.90. The molecule has 6 nitrogen and oxygen atoms in total. The summed E-state index contributed by atoms with van der Waals surface area (Å²) in [5.41, 5.74) is 2.69. The van der Waals surface area contributed by atoms with Crippen LogP contribution in [-0.4, -0.2) is 28.4 Å². The van der Waals surface area contributed by atoms with Crippen molar-refractivity contribution in [2.75, 3.05) is 0 Å². The van der Waals surface area contributed by atoms with E-state index in [0.29, 0.717) is 11.3 Å². The van der Waals surface area contributed by atoms with Gasteiger partial charge in [-0.25, -0.2) is 5.43 Å². The number of carbonyl (C=O) groups is 1. The lowest BCUT2D eigenvalue weighted by atomic mass is 10.2. The van der Waals surface area contributed by atoms with Gasteiger partial charge in [0, 0.05) is 16.1 Å². The Kier molecular flexibility index (Phi) is 5.59. The molecule has 0 aliphatic carbocycles. The zero-order valence-corrected chi connectivity index (χ0v) is 13.8. The fourth-order valence-corrected chi connectivity index (χ4v) is 1.93. The monoisotopic (exact) mass is 378 g/mol. The Morgan fingerprint density at radius 3 is 2.61 bits per heavy atom. The first-order valence-corrected chi connectivity index (χ1v) is 7.52. The average molecular weight is 379 g/mol. The first-order valence-electron chi connectivity index (χ1n) is 6.73. The molecular weight excluding hydrogens is 364 g/mol. The lowest BCUT2D eigenvalue weighted by molar-refractivity contribution is -0.127. The molecule has 0 aliphatic rings. The number of nitrogens with zero attached hydrogens (tertiary/aromatic N) is 1. The quantitative estimate of drug-likeness (QED) is 0.550. The predicted octanol–water partition coefficient (Wildman–Crippen LogP) is 2.78. The summed E-state index contributed by atoms with van der Waals surface area (Å²) in [5.74, 6) is -0.0548. The Morgan fingerprint density at radius 2 is 1.96 bits per heavy atom. The highest BCUT2D eigenvalue weighted by Gasteiger charge is 2.13. The van der Waals surface area contributed by atoms with Crippen LogP contribution in [0, 0.1) is 0 Å². The summed E-state index contributed by atoms with van der Waals surface area (Å²) < 4.78 is 6.40.